The number of nitrogens with zero attached hydrogens (tertiary/aromatic N) is 1. The van der Waals surface area contributed by atoms with Crippen LogP contribution in [0.5, 0.6) is 0 Å². The zero-order chi connectivity index (χ0) is 10.1. The third-order valence-electron chi connectivity index (χ3n) is 1.72. The van der Waals surface area contributed by atoms with Crippen molar-refractivity contribution in [3.05, 3.63) is 39.8 Å². The van der Waals surface area contributed by atoms with Gasteiger partial charge in [0, 0.05) is 5.56 Å². The summed E-state index contributed by atoms with van der Waals surface area (Å²) >= 11 is 8.98. The third-order valence-corrected chi connectivity index (χ3v) is 2.84. The lowest BCUT2D eigenvalue weighted by Crippen LogP contribution is -1.79. The Morgan fingerprint density at radius 1 is 1.29 bits per heavy atom. The summed E-state index contributed by atoms with van der Waals surface area (Å²) in [5.41, 5.74) is 1.21. The van der Waals surface area contributed by atoms with Crippen LogP contribution in [0.3, 0.4) is 0 Å². The minimum atomic E-state index is -0.299. The van der Waals surface area contributed by atoms with Crippen molar-refractivity contribution in [3.63, 3.8) is 0 Å². The molecule has 0 aliphatic rings. The van der Waals surface area contributed by atoms with E-state index in [1.54, 1.807) is 12.1 Å². The molecule has 0 aliphatic heterocycles. The first-order chi connectivity index (χ1) is 6.68. The normalized spacial score (nSPS) is 10.5. The van der Waals surface area contributed by atoms with Crippen molar-refractivity contribution in [2.24, 2.45) is 0 Å². The van der Waals surface area contributed by atoms with E-state index in [4.69, 9.17) is 16.1 Å². The Morgan fingerprint density at radius 2 is 1.93 bits per heavy atom. The van der Waals surface area contributed by atoms with Crippen molar-refractivity contribution in [2.75, 3.05) is 0 Å². The summed E-state index contributed by atoms with van der Waals surface area (Å²) in [5, 5.41) is 4.12. The molecule has 0 N–H and O–H groups in total. The van der Waals surface area contributed by atoms with Gasteiger partial charge in [-0.25, -0.2) is 4.39 Å². The molecule has 0 fully saturated rings. The molecule has 0 bridgehead atoms. The molecule has 0 spiro atoms. The molecule has 1 aromatic carbocycles. The molecular weight excluding hydrogens is 272 g/mol. The fraction of sp³-hybridized carbons (Fsp3) is 0. The maximum atomic E-state index is 12.6. The second kappa shape index (κ2) is 3.71. The van der Waals surface area contributed by atoms with Crippen LogP contribution in [0.2, 0.25) is 5.02 Å². The molecular formula is C9H4BrClFNO. The van der Waals surface area contributed by atoms with Gasteiger partial charge in [-0.15, -0.1) is 0 Å². The van der Waals surface area contributed by atoms with Gasteiger partial charge < -0.3 is 4.52 Å². The minimum absolute atomic E-state index is 0.299. The maximum absolute atomic E-state index is 12.6. The van der Waals surface area contributed by atoms with Gasteiger partial charge in [-0.2, -0.15) is 0 Å². The van der Waals surface area contributed by atoms with Crippen molar-refractivity contribution >= 4 is 27.5 Å². The second-order valence-corrected chi connectivity index (χ2v) is 3.72. The van der Waals surface area contributed by atoms with Gasteiger partial charge in [0.2, 0.25) is 4.67 Å². The Labute approximate surface area is 92.8 Å². The summed E-state index contributed by atoms with van der Waals surface area (Å²) in [4.78, 5) is 0. The number of rotatable bonds is 1. The summed E-state index contributed by atoms with van der Waals surface area (Å²) in [5.74, 6) is -0.299. The van der Waals surface area contributed by atoms with E-state index in [2.05, 4.69) is 21.1 Å². The van der Waals surface area contributed by atoms with Crippen molar-refractivity contribution in [2.45, 2.75) is 0 Å². The monoisotopic (exact) mass is 275 g/mol. The van der Waals surface area contributed by atoms with E-state index in [0.29, 0.717) is 20.9 Å². The zero-order valence-electron chi connectivity index (χ0n) is 6.80. The molecule has 0 saturated heterocycles. The molecule has 0 amide bonds. The van der Waals surface area contributed by atoms with Crippen molar-refractivity contribution in [3.8, 4) is 11.3 Å². The predicted octanol–water partition coefficient (Wildman–Crippen LogP) is 3.90. The highest BCUT2D eigenvalue weighted by Gasteiger charge is 2.13. The van der Waals surface area contributed by atoms with E-state index >= 15 is 0 Å². The fourth-order valence-corrected chi connectivity index (χ4v) is 1.48. The summed E-state index contributed by atoms with van der Waals surface area (Å²) in [6, 6.07) is 5.86. The molecule has 1 heterocycles. The van der Waals surface area contributed by atoms with Gasteiger partial charge in [-0.3, -0.25) is 0 Å². The lowest BCUT2D eigenvalue weighted by atomic mass is 10.1. The van der Waals surface area contributed by atoms with Crippen LogP contribution in [0.4, 0.5) is 4.39 Å². The van der Waals surface area contributed by atoms with Crippen LogP contribution >= 0.6 is 27.5 Å². The van der Waals surface area contributed by atoms with Crippen LogP contribution in [-0.2, 0) is 0 Å². The topological polar surface area (TPSA) is 26.0 Å². The smallest absolute Gasteiger partial charge is 0.221 e. The number of aromatic nitrogens is 1. The van der Waals surface area contributed by atoms with Crippen molar-refractivity contribution < 1.29 is 8.91 Å². The quantitative estimate of drug-likeness (QED) is 0.789. The molecule has 0 radical (unpaired) electrons. The average Bonchev–Trinajstić information content (AvgIpc) is 2.50. The number of halogens is 3. The second-order valence-electron chi connectivity index (χ2n) is 2.63. The van der Waals surface area contributed by atoms with E-state index in [1.807, 2.05) is 0 Å². The van der Waals surface area contributed by atoms with Gasteiger partial charge in [0.05, 0.1) is 0 Å². The highest BCUT2D eigenvalue weighted by atomic mass is 79.9. The first-order valence-electron chi connectivity index (χ1n) is 3.75. The molecule has 1 aromatic heterocycles. The van der Waals surface area contributed by atoms with Gasteiger partial charge in [0.25, 0.3) is 0 Å². The lowest BCUT2D eigenvalue weighted by molar-refractivity contribution is 0.402. The molecule has 14 heavy (non-hydrogen) atoms. The minimum Gasteiger partial charge on any atom is -0.347 e. The van der Waals surface area contributed by atoms with Crippen LogP contribution in [0.15, 0.2) is 33.5 Å². The van der Waals surface area contributed by atoms with Crippen LogP contribution < -0.4 is 0 Å². The Kier molecular flexibility index (Phi) is 2.56. The fourth-order valence-electron chi connectivity index (χ4n) is 1.05. The zero-order valence-corrected chi connectivity index (χ0v) is 9.14. The highest BCUT2D eigenvalue weighted by Crippen LogP contribution is 2.32. The first-order valence-corrected chi connectivity index (χ1v) is 4.92. The van der Waals surface area contributed by atoms with Crippen LogP contribution in [0.1, 0.15) is 0 Å². The molecule has 0 atom stereocenters. The largest absolute Gasteiger partial charge is 0.347 e. The Hall–Kier alpha value is -0.870. The number of hydrogen-bond acceptors (Lipinski definition) is 2. The average molecular weight is 276 g/mol. The van der Waals surface area contributed by atoms with Crippen molar-refractivity contribution in [1.29, 1.82) is 0 Å². The summed E-state index contributed by atoms with van der Waals surface area (Å²) in [6.45, 7) is 0. The van der Waals surface area contributed by atoms with Crippen LogP contribution in [0, 0.1) is 5.82 Å². The molecule has 72 valence electrons. The van der Waals surface area contributed by atoms with Gasteiger partial charge in [0.15, 0.2) is 0 Å². The van der Waals surface area contributed by atoms with E-state index in [-0.39, 0.29) is 5.82 Å². The van der Waals surface area contributed by atoms with E-state index < -0.39 is 0 Å². The Morgan fingerprint density at radius 3 is 2.43 bits per heavy atom. The molecule has 2 rings (SSSR count). The molecule has 0 aliphatic carbocycles. The van der Waals surface area contributed by atoms with E-state index in [1.165, 1.54) is 12.1 Å². The van der Waals surface area contributed by atoms with Gasteiger partial charge >= 0.3 is 0 Å². The maximum Gasteiger partial charge on any atom is 0.221 e. The molecule has 5 heteroatoms. The molecule has 2 nitrogen and oxygen atoms in total. The number of benzene rings is 1. The lowest BCUT2D eigenvalue weighted by Gasteiger charge is -1.95. The summed E-state index contributed by atoms with van der Waals surface area (Å²) in [6.07, 6.45) is 0. The van der Waals surface area contributed by atoms with E-state index in [9.17, 15) is 4.39 Å². The third kappa shape index (κ3) is 1.67. The van der Waals surface area contributed by atoms with Gasteiger partial charge in [-0.1, -0.05) is 16.8 Å². The molecule has 0 unspecified atom stereocenters. The van der Waals surface area contributed by atoms with Crippen LogP contribution in [0.25, 0.3) is 11.3 Å². The Balaban J connectivity index is 2.49. The standard InChI is InChI=1S/C9H4BrClFNO/c10-9-7(11)8(13-14-9)5-1-3-6(12)4-2-5/h1-4H. The number of hydrogen-bond donors (Lipinski definition) is 0. The summed E-state index contributed by atoms with van der Waals surface area (Å²) in [7, 11) is 0. The molecule has 2 aromatic rings. The SMILES string of the molecule is Fc1ccc(-c2noc(Br)c2Cl)cc1. The predicted molar refractivity (Wildman–Crippen MR) is 54.6 cm³/mol. The molecule has 0 saturated carbocycles. The first kappa shape index (κ1) is 9.68. The Bertz CT molecular complexity index is 454. The van der Waals surface area contributed by atoms with Crippen LogP contribution in [-0.4, -0.2) is 5.16 Å². The summed E-state index contributed by atoms with van der Waals surface area (Å²) < 4.78 is 17.8. The highest BCUT2D eigenvalue weighted by molar-refractivity contribution is 9.10. The van der Waals surface area contributed by atoms with Gasteiger partial charge in [0.1, 0.15) is 16.5 Å². The van der Waals surface area contributed by atoms with E-state index in [0.717, 1.165) is 0 Å². The van der Waals surface area contributed by atoms with Crippen molar-refractivity contribution in [1.82, 2.24) is 5.16 Å². The van der Waals surface area contributed by atoms with Gasteiger partial charge in [-0.05, 0) is 40.2 Å².